The summed E-state index contributed by atoms with van der Waals surface area (Å²) in [6.07, 6.45) is 1.37. The molecular weight excluding hydrogens is 586 g/mol. The van der Waals surface area contributed by atoms with Gasteiger partial charge in [-0.2, -0.15) is 0 Å². The molecule has 0 radical (unpaired) electrons. The molecular formula is C32H27N3O8S. The van der Waals surface area contributed by atoms with E-state index in [0.29, 0.717) is 33.7 Å². The Kier molecular flexibility index (Phi) is 7.85. The first-order valence-electron chi connectivity index (χ1n) is 13.8. The van der Waals surface area contributed by atoms with Crippen molar-refractivity contribution in [1.82, 2.24) is 4.57 Å². The maximum atomic E-state index is 14.3. The first-order chi connectivity index (χ1) is 21.3. The lowest BCUT2D eigenvalue weighted by molar-refractivity contribution is -0.140. The fourth-order valence-electron chi connectivity index (χ4n) is 5.33. The number of methoxy groups -OCH3 is 1. The Balaban J connectivity index is 1.49. The van der Waals surface area contributed by atoms with Crippen molar-refractivity contribution in [3.63, 3.8) is 0 Å². The highest BCUT2D eigenvalue weighted by Crippen LogP contribution is 2.35. The summed E-state index contributed by atoms with van der Waals surface area (Å²) in [6, 6.07) is 15.9. The van der Waals surface area contributed by atoms with Gasteiger partial charge in [-0.3, -0.25) is 14.2 Å². The smallest absolute Gasteiger partial charge is 0.379 e. The van der Waals surface area contributed by atoms with Gasteiger partial charge in [0.2, 0.25) is 5.76 Å². The van der Waals surface area contributed by atoms with Crippen LogP contribution in [-0.2, 0) is 19.1 Å². The van der Waals surface area contributed by atoms with Gasteiger partial charge in [0, 0.05) is 19.2 Å². The second-order valence-corrected chi connectivity index (χ2v) is 10.9. The normalized spacial score (nSPS) is 16.8. The third kappa shape index (κ3) is 4.97. The van der Waals surface area contributed by atoms with Crippen LogP contribution in [0.15, 0.2) is 92.4 Å². The van der Waals surface area contributed by atoms with Gasteiger partial charge in [-0.25, -0.2) is 14.6 Å². The third-order valence-corrected chi connectivity index (χ3v) is 8.39. The average Bonchev–Trinajstić information content (AvgIpc) is 3.73. The van der Waals surface area contributed by atoms with E-state index in [1.54, 1.807) is 42.2 Å². The van der Waals surface area contributed by atoms with E-state index in [1.807, 2.05) is 31.2 Å². The topological polar surface area (TPSA) is 130 Å². The molecule has 2 aliphatic rings. The van der Waals surface area contributed by atoms with Gasteiger partial charge < -0.3 is 23.5 Å². The number of benzene rings is 2. The van der Waals surface area contributed by atoms with E-state index in [9.17, 15) is 19.2 Å². The molecule has 1 unspecified atom stereocenters. The lowest BCUT2D eigenvalue weighted by atomic mass is 9.96. The van der Waals surface area contributed by atoms with Gasteiger partial charge in [-0.15, -0.1) is 0 Å². The lowest BCUT2D eigenvalue weighted by Gasteiger charge is -2.25. The number of nitrogens with zero attached hydrogens (tertiary/aromatic N) is 3. The van der Waals surface area contributed by atoms with Crippen LogP contribution in [0.2, 0.25) is 0 Å². The Labute approximate surface area is 254 Å². The van der Waals surface area contributed by atoms with E-state index in [0.717, 1.165) is 17.0 Å². The number of anilines is 1. The molecule has 1 amide bonds. The molecule has 224 valence electrons. The molecule has 2 aliphatic heterocycles. The molecule has 0 spiro atoms. The summed E-state index contributed by atoms with van der Waals surface area (Å²) in [5.41, 5.74) is 2.32. The summed E-state index contributed by atoms with van der Waals surface area (Å²) in [6.45, 7) is 4.19. The maximum absolute atomic E-state index is 14.3. The minimum Gasteiger partial charge on any atom is -0.460 e. The zero-order chi connectivity index (χ0) is 31.0. The second-order valence-electron chi connectivity index (χ2n) is 9.91. The molecule has 4 aromatic rings. The van der Waals surface area contributed by atoms with Crippen LogP contribution >= 0.6 is 11.3 Å². The van der Waals surface area contributed by atoms with E-state index in [1.165, 1.54) is 24.0 Å². The molecule has 2 aromatic carbocycles. The molecule has 0 N–H and O–H groups in total. The van der Waals surface area contributed by atoms with Crippen LogP contribution < -0.4 is 24.5 Å². The van der Waals surface area contributed by atoms with Crippen molar-refractivity contribution in [2.24, 2.45) is 4.99 Å². The number of esters is 2. The predicted octanol–water partition coefficient (Wildman–Crippen LogP) is 2.97. The number of furan rings is 1. The van der Waals surface area contributed by atoms with Crippen LogP contribution in [0.3, 0.4) is 0 Å². The number of thiazole rings is 1. The summed E-state index contributed by atoms with van der Waals surface area (Å²) in [5, 5.41) is 0. The fourth-order valence-corrected chi connectivity index (χ4v) is 6.46. The van der Waals surface area contributed by atoms with E-state index in [-0.39, 0.29) is 40.7 Å². The number of likely N-dealkylation sites (N-methyl/N-ethyl adjacent to an activating group) is 1. The summed E-state index contributed by atoms with van der Waals surface area (Å²) in [7, 11) is 1.50. The number of carbonyl (C=O) groups is 3. The van der Waals surface area contributed by atoms with Crippen molar-refractivity contribution in [3.8, 4) is 5.75 Å². The van der Waals surface area contributed by atoms with Crippen molar-refractivity contribution < 1.29 is 33.0 Å². The monoisotopic (exact) mass is 613 g/mol. The van der Waals surface area contributed by atoms with Crippen LogP contribution in [0.25, 0.3) is 5.57 Å². The fraction of sp³-hybridized carbons (Fsp3) is 0.219. The molecule has 0 saturated heterocycles. The van der Waals surface area contributed by atoms with Crippen molar-refractivity contribution in [2.75, 3.05) is 31.8 Å². The number of hydrogen-bond acceptors (Lipinski definition) is 10. The Morgan fingerprint density at radius 3 is 2.48 bits per heavy atom. The average molecular weight is 614 g/mol. The van der Waals surface area contributed by atoms with Crippen LogP contribution in [0.5, 0.6) is 5.75 Å². The summed E-state index contributed by atoms with van der Waals surface area (Å²) in [5.74, 6) is -1.31. The van der Waals surface area contributed by atoms with Gasteiger partial charge in [0.15, 0.2) is 4.80 Å². The first kappa shape index (κ1) is 29.0. The maximum Gasteiger partial charge on any atom is 0.379 e. The lowest BCUT2D eigenvalue weighted by Crippen LogP contribution is -2.41. The second kappa shape index (κ2) is 11.9. The first-order valence-corrected chi connectivity index (χ1v) is 14.6. The third-order valence-electron chi connectivity index (χ3n) is 7.33. The van der Waals surface area contributed by atoms with Crippen LogP contribution in [-0.4, -0.2) is 49.3 Å². The van der Waals surface area contributed by atoms with E-state index in [4.69, 9.17) is 18.6 Å². The van der Waals surface area contributed by atoms with Crippen molar-refractivity contribution in [3.05, 3.63) is 115 Å². The van der Waals surface area contributed by atoms with Crippen LogP contribution in [0, 0.1) is 0 Å². The standard InChI is InChI=1S/C32H27N3O8S/c1-4-34-22-9-6-5-8-21(22)25(28(34)36)27-29(37)35-26(24(18(2)33-32(35)44-27)31(39)42-17-16-40-3)19-11-13-20(14-12-19)43-30(38)23-10-7-15-41-23/h5-15,26H,4,16-17H2,1-3H3/b27-25-. The van der Waals surface area contributed by atoms with Gasteiger partial charge in [0.05, 0.1) is 41.4 Å². The minimum atomic E-state index is -0.931. The Hall–Kier alpha value is -5.07. The molecule has 0 bridgehead atoms. The molecule has 0 fully saturated rings. The zero-order valence-electron chi connectivity index (χ0n) is 24.1. The predicted molar refractivity (Wildman–Crippen MR) is 160 cm³/mol. The number of aromatic nitrogens is 1. The zero-order valence-corrected chi connectivity index (χ0v) is 24.9. The van der Waals surface area contributed by atoms with Gasteiger partial charge in [0.1, 0.15) is 16.9 Å². The Bertz CT molecular complexity index is 1990. The van der Waals surface area contributed by atoms with Crippen molar-refractivity contribution >= 4 is 40.4 Å². The summed E-state index contributed by atoms with van der Waals surface area (Å²) >= 11 is 1.10. The highest BCUT2D eigenvalue weighted by Gasteiger charge is 2.37. The Morgan fingerprint density at radius 1 is 1.00 bits per heavy atom. The Morgan fingerprint density at radius 2 is 1.77 bits per heavy atom. The quantitative estimate of drug-likeness (QED) is 0.169. The highest BCUT2D eigenvalue weighted by atomic mass is 32.1. The van der Waals surface area contributed by atoms with Crippen LogP contribution in [0.1, 0.15) is 41.6 Å². The number of para-hydroxylation sites is 1. The number of ether oxygens (including phenoxy) is 3. The van der Waals surface area contributed by atoms with Gasteiger partial charge in [-0.1, -0.05) is 41.7 Å². The molecule has 11 nitrogen and oxygen atoms in total. The minimum absolute atomic E-state index is 0.00715. The number of hydrogen-bond donors (Lipinski definition) is 0. The SMILES string of the molecule is CCN1C(=O)/C(=c2\sc3n(c2=O)C(c2ccc(OC(=O)c4ccco4)cc2)C(C(=O)OCCOC)=C(C)N=3)c2ccccc21. The molecule has 12 heteroatoms. The van der Waals surface area contributed by atoms with Gasteiger partial charge in [-0.05, 0) is 49.7 Å². The molecule has 0 saturated carbocycles. The number of amides is 1. The van der Waals surface area contributed by atoms with Crippen molar-refractivity contribution in [2.45, 2.75) is 19.9 Å². The summed E-state index contributed by atoms with van der Waals surface area (Å²) < 4.78 is 22.7. The highest BCUT2D eigenvalue weighted by molar-refractivity contribution is 7.07. The van der Waals surface area contributed by atoms with E-state index < -0.39 is 23.5 Å². The molecule has 4 heterocycles. The molecule has 6 rings (SSSR count). The van der Waals surface area contributed by atoms with Crippen LogP contribution in [0.4, 0.5) is 5.69 Å². The van der Waals surface area contributed by atoms with Gasteiger partial charge in [0.25, 0.3) is 11.5 Å². The number of rotatable bonds is 8. The molecule has 0 aliphatic carbocycles. The van der Waals surface area contributed by atoms with E-state index in [2.05, 4.69) is 4.99 Å². The number of carbonyl (C=O) groups excluding carboxylic acids is 3. The number of allylic oxidation sites excluding steroid dienone is 1. The van der Waals surface area contributed by atoms with E-state index >= 15 is 0 Å². The largest absolute Gasteiger partial charge is 0.460 e. The van der Waals surface area contributed by atoms with Crippen molar-refractivity contribution in [1.29, 1.82) is 0 Å². The molecule has 2 aromatic heterocycles. The van der Waals surface area contributed by atoms with Gasteiger partial charge >= 0.3 is 11.9 Å². The summed E-state index contributed by atoms with van der Waals surface area (Å²) in [4.78, 5) is 60.2. The molecule has 1 atom stereocenters. The molecule has 44 heavy (non-hydrogen) atoms. The number of fused-ring (bicyclic) bond motifs is 2.